The molecule has 0 heterocycles. The van der Waals surface area contributed by atoms with Gasteiger partial charge in [0.1, 0.15) is 0 Å². The first-order valence-electron chi connectivity index (χ1n) is 6.34. The van der Waals surface area contributed by atoms with Crippen molar-refractivity contribution in [1.29, 1.82) is 0 Å². The van der Waals surface area contributed by atoms with Crippen LogP contribution in [0.2, 0.25) is 0 Å². The molecule has 3 rings (SSSR count). The fraction of sp³-hybridized carbons (Fsp3) is 0.0556. The molecule has 3 aromatic carbocycles. The van der Waals surface area contributed by atoms with Crippen LogP contribution in [0.5, 0.6) is 0 Å². The van der Waals surface area contributed by atoms with E-state index in [0.29, 0.717) is 0 Å². The normalized spacial score (nSPS) is 10.6. The van der Waals surface area contributed by atoms with Crippen molar-refractivity contribution in [2.75, 3.05) is 0 Å². The van der Waals surface area contributed by atoms with E-state index in [1.807, 2.05) is 42.5 Å². The third-order valence-electron chi connectivity index (χ3n) is 3.52. The Balaban J connectivity index is 2.38. The number of carbonyl (C=O) groups excluding carboxylic acids is 1. The average Bonchev–Trinajstić information content (AvgIpc) is 2.47. The Morgan fingerprint density at radius 1 is 0.737 bits per heavy atom. The van der Waals surface area contributed by atoms with Gasteiger partial charge in [-0.3, -0.25) is 4.79 Å². The molecule has 0 saturated carbocycles. The molecule has 0 saturated heterocycles. The molecule has 0 radical (unpaired) electrons. The standard InChI is InChI=1S/C18H14O/c1-13-6-2-3-7-15(13)18-11-10-14(12-19)16-8-4-5-9-17(16)18/h2-12H,1H3. The molecule has 0 spiro atoms. The topological polar surface area (TPSA) is 17.1 Å². The van der Waals surface area contributed by atoms with Gasteiger partial charge in [-0.15, -0.1) is 0 Å². The van der Waals surface area contributed by atoms with E-state index in [4.69, 9.17) is 0 Å². The van der Waals surface area contributed by atoms with Gasteiger partial charge in [0.2, 0.25) is 0 Å². The summed E-state index contributed by atoms with van der Waals surface area (Å²) in [5, 5.41) is 2.14. The maximum absolute atomic E-state index is 11.1. The van der Waals surface area contributed by atoms with E-state index in [1.54, 1.807) is 0 Å². The smallest absolute Gasteiger partial charge is 0.150 e. The molecule has 1 heteroatoms. The number of carbonyl (C=O) groups is 1. The second kappa shape index (κ2) is 4.69. The number of fused-ring (bicyclic) bond motifs is 1. The van der Waals surface area contributed by atoms with Gasteiger partial charge in [0, 0.05) is 5.56 Å². The fourth-order valence-corrected chi connectivity index (χ4v) is 2.54. The maximum Gasteiger partial charge on any atom is 0.150 e. The number of hydrogen-bond acceptors (Lipinski definition) is 1. The van der Waals surface area contributed by atoms with Gasteiger partial charge in [-0.05, 0) is 34.4 Å². The van der Waals surface area contributed by atoms with Crippen molar-refractivity contribution < 1.29 is 4.79 Å². The zero-order valence-electron chi connectivity index (χ0n) is 10.8. The predicted molar refractivity (Wildman–Crippen MR) is 79.5 cm³/mol. The number of rotatable bonds is 2. The summed E-state index contributed by atoms with van der Waals surface area (Å²) >= 11 is 0. The first-order chi connectivity index (χ1) is 9.31. The molecule has 0 N–H and O–H groups in total. The van der Waals surface area contributed by atoms with Crippen LogP contribution < -0.4 is 0 Å². The van der Waals surface area contributed by atoms with E-state index in [0.717, 1.165) is 22.6 Å². The highest BCUT2D eigenvalue weighted by molar-refractivity contribution is 6.05. The Morgan fingerprint density at radius 2 is 1.42 bits per heavy atom. The molecule has 0 aliphatic heterocycles. The molecular weight excluding hydrogens is 232 g/mol. The highest BCUT2D eigenvalue weighted by Gasteiger charge is 2.08. The Labute approximate surface area is 112 Å². The van der Waals surface area contributed by atoms with Crippen LogP contribution in [0.3, 0.4) is 0 Å². The summed E-state index contributed by atoms with van der Waals surface area (Å²) < 4.78 is 0. The number of benzene rings is 3. The number of aldehydes is 1. The molecule has 0 fully saturated rings. The highest BCUT2D eigenvalue weighted by atomic mass is 16.1. The summed E-state index contributed by atoms with van der Waals surface area (Å²) in [7, 11) is 0. The van der Waals surface area contributed by atoms with Gasteiger partial charge >= 0.3 is 0 Å². The lowest BCUT2D eigenvalue weighted by atomic mass is 9.93. The van der Waals surface area contributed by atoms with Crippen molar-refractivity contribution in [1.82, 2.24) is 0 Å². The summed E-state index contributed by atoms with van der Waals surface area (Å²) in [4.78, 5) is 11.1. The molecule has 92 valence electrons. The Hall–Kier alpha value is -2.41. The van der Waals surface area contributed by atoms with E-state index in [9.17, 15) is 4.79 Å². The van der Waals surface area contributed by atoms with Crippen LogP contribution in [0.25, 0.3) is 21.9 Å². The Morgan fingerprint density at radius 3 is 2.16 bits per heavy atom. The van der Waals surface area contributed by atoms with E-state index >= 15 is 0 Å². The van der Waals surface area contributed by atoms with Crippen molar-refractivity contribution in [3.8, 4) is 11.1 Å². The van der Waals surface area contributed by atoms with Crippen LogP contribution in [0.15, 0.2) is 60.7 Å². The van der Waals surface area contributed by atoms with Gasteiger partial charge in [0.25, 0.3) is 0 Å². The zero-order valence-corrected chi connectivity index (χ0v) is 10.8. The molecule has 3 aromatic rings. The maximum atomic E-state index is 11.1. The van der Waals surface area contributed by atoms with E-state index in [2.05, 4.69) is 25.1 Å². The highest BCUT2D eigenvalue weighted by Crippen LogP contribution is 2.32. The molecule has 1 nitrogen and oxygen atoms in total. The first kappa shape index (κ1) is 11.7. The Bertz CT molecular complexity index is 756. The van der Waals surface area contributed by atoms with Gasteiger partial charge in [-0.1, -0.05) is 60.7 Å². The summed E-state index contributed by atoms with van der Waals surface area (Å²) in [6.45, 7) is 2.11. The van der Waals surface area contributed by atoms with Crippen molar-refractivity contribution in [2.24, 2.45) is 0 Å². The summed E-state index contributed by atoms with van der Waals surface area (Å²) in [5.41, 5.74) is 4.38. The van der Waals surface area contributed by atoms with Crippen molar-refractivity contribution >= 4 is 17.1 Å². The minimum atomic E-state index is 0.743. The monoisotopic (exact) mass is 246 g/mol. The third-order valence-corrected chi connectivity index (χ3v) is 3.52. The van der Waals surface area contributed by atoms with Crippen LogP contribution >= 0.6 is 0 Å². The van der Waals surface area contributed by atoms with Crippen molar-refractivity contribution in [2.45, 2.75) is 6.92 Å². The van der Waals surface area contributed by atoms with Gasteiger partial charge in [0.15, 0.2) is 6.29 Å². The van der Waals surface area contributed by atoms with Crippen LogP contribution in [0.4, 0.5) is 0 Å². The second-order valence-electron chi connectivity index (χ2n) is 4.68. The summed E-state index contributed by atoms with van der Waals surface area (Å²) in [6.07, 6.45) is 0.921. The lowest BCUT2D eigenvalue weighted by molar-refractivity contribution is 0.112. The average molecular weight is 246 g/mol. The molecular formula is C18H14O. The molecule has 0 aliphatic carbocycles. The van der Waals surface area contributed by atoms with Gasteiger partial charge < -0.3 is 0 Å². The SMILES string of the molecule is Cc1ccccc1-c1ccc(C=O)c2ccccc12. The molecule has 0 atom stereocenters. The van der Waals surface area contributed by atoms with Gasteiger partial charge in [-0.25, -0.2) is 0 Å². The number of hydrogen-bond donors (Lipinski definition) is 0. The lowest BCUT2D eigenvalue weighted by Crippen LogP contribution is -1.89. The number of aryl methyl sites for hydroxylation is 1. The van der Waals surface area contributed by atoms with Crippen molar-refractivity contribution in [3.05, 3.63) is 71.8 Å². The van der Waals surface area contributed by atoms with Crippen LogP contribution in [0, 0.1) is 6.92 Å². The van der Waals surface area contributed by atoms with E-state index in [-0.39, 0.29) is 0 Å². The molecule has 0 unspecified atom stereocenters. The van der Waals surface area contributed by atoms with Crippen molar-refractivity contribution in [3.63, 3.8) is 0 Å². The fourth-order valence-electron chi connectivity index (χ4n) is 2.54. The minimum Gasteiger partial charge on any atom is -0.298 e. The minimum absolute atomic E-state index is 0.743. The third kappa shape index (κ3) is 1.93. The second-order valence-corrected chi connectivity index (χ2v) is 4.68. The molecule has 19 heavy (non-hydrogen) atoms. The van der Waals surface area contributed by atoms with Gasteiger partial charge in [0.05, 0.1) is 0 Å². The first-order valence-corrected chi connectivity index (χ1v) is 6.34. The molecule has 0 aliphatic rings. The lowest BCUT2D eigenvalue weighted by Gasteiger charge is -2.11. The van der Waals surface area contributed by atoms with Crippen LogP contribution in [0.1, 0.15) is 15.9 Å². The van der Waals surface area contributed by atoms with E-state index < -0.39 is 0 Å². The molecule has 0 aromatic heterocycles. The summed E-state index contributed by atoms with van der Waals surface area (Å²) in [6, 6.07) is 20.3. The quantitative estimate of drug-likeness (QED) is 0.602. The Kier molecular flexibility index (Phi) is 2.88. The van der Waals surface area contributed by atoms with Gasteiger partial charge in [-0.2, -0.15) is 0 Å². The molecule has 0 bridgehead atoms. The summed E-state index contributed by atoms with van der Waals surface area (Å²) in [5.74, 6) is 0. The largest absolute Gasteiger partial charge is 0.298 e. The van der Waals surface area contributed by atoms with Crippen LogP contribution in [-0.4, -0.2) is 6.29 Å². The predicted octanol–water partition coefficient (Wildman–Crippen LogP) is 4.63. The zero-order chi connectivity index (χ0) is 13.2. The van der Waals surface area contributed by atoms with E-state index in [1.165, 1.54) is 16.7 Å². The molecule has 0 amide bonds. The van der Waals surface area contributed by atoms with Crippen LogP contribution in [-0.2, 0) is 0 Å².